The molecule has 0 radical (unpaired) electrons. The van der Waals surface area contributed by atoms with Crippen LogP contribution in [0.15, 0.2) is 41.5 Å². The van der Waals surface area contributed by atoms with E-state index in [0.29, 0.717) is 11.4 Å². The van der Waals surface area contributed by atoms with Crippen molar-refractivity contribution < 1.29 is 4.79 Å². The highest BCUT2D eigenvalue weighted by molar-refractivity contribution is 6.05. The first-order valence-electron chi connectivity index (χ1n) is 6.89. The third-order valence-electron chi connectivity index (χ3n) is 3.25. The van der Waals surface area contributed by atoms with Gasteiger partial charge < -0.3 is 16.5 Å². The summed E-state index contributed by atoms with van der Waals surface area (Å²) >= 11 is 0. The molecule has 21 heavy (non-hydrogen) atoms. The number of aliphatic imine (C=N–C) groups is 1. The molecule has 1 aliphatic rings. The van der Waals surface area contributed by atoms with Crippen LogP contribution in [-0.2, 0) is 11.2 Å². The molecule has 6 heteroatoms. The topological polar surface area (TPSA) is 104 Å². The average molecular weight is 285 g/mol. The zero-order valence-electron chi connectivity index (χ0n) is 11.7. The van der Waals surface area contributed by atoms with Gasteiger partial charge in [0.15, 0.2) is 0 Å². The Labute approximate surface area is 123 Å². The molecule has 1 saturated heterocycles. The summed E-state index contributed by atoms with van der Waals surface area (Å²) in [5.74, 6) is -0.00480. The van der Waals surface area contributed by atoms with Crippen molar-refractivity contribution in [3.05, 3.63) is 42.2 Å². The van der Waals surface area contributed by atoms with Gasteiger partial charge in [-0.1, -0.05) is 6.07 Å². The number of rotatable bonds is 5. The Morgan fingerprint density at radius 2 is 2.38 bits per heavy atom. The molecule has 0 bridgehead atoms. The summed E-state index contributed by atoms with van der Waals surface area (Å²) in [4.78, 5) is 19.6. The number of amides is 1. The summed E-state index contributed by atoms with van der Waals surface area (Å²) in [5, 5.41) is 11.1. The summed E-state index contributed by atoms with van der Waals surface area (Å²) in [6, 6.07) is 5.37. The van der Waals surface area contributed by atoms with Crippen LogP contribution < -0.4 is 11.1 Å². The van der Waals surface area contributed by atoms with E-state index in [1.807, 2.05) is 6.07 Å². The fourth-order valence-electron chi connectivity index (χ4n) is 2.11. The molecule has 0 aromatic carbocycles. The van der Waals surface area contributed by atoms with Gasteiger partial charge in [-0.05, 0) is 37.3 Å². The van der Waals surface area contributed by atoms with Gasteiger partial charge in [0, 0.05) is 30.1 Å². The summed E-state index contributed by atoms with van der Waals surface area (Å²) < 4.78 is 0. The second kappa shape index (κ2) is 7.44. The van der Waals surface area contributed by atoms with Gasteiger partial charge in [0.05, 0.1) is 6.42 Å². The van der Waals surface area contributed by atoms with Crippen molar-refractivity contribution in [3.63, 3.8) is 0 Å². The van der Waals surface area contributed by atoms with Gasteiger partial charge in [-0.15, -0.1) is 0 Å². The molecule has 1 aliphatic heterocycles. The van der Waals surface area contributed by atoms with E-state index in [1.165, 1.54) is 6.08 Å². The maximum Gasteiger partial charge on any atom is 0.253 e. The largest absolute Gasteiger partial charge is 0.384 e. The number of nitrogens with two attached hydrogens (primary N) is 1. The smallest absolute Gasteiger partial charge is 0.253 e. The van der Waals surface area contributed by atoms with Crippen LogP contribution >= 0.6 is 0 Å². The minimum Gasteiger partial charge on any atom is -0.384 e. The number of carbonyl (C=O) groups excluding carboxylic acids is 1. The van der Waals surface area contributed by atoms with Gasteiger partial charge in [-0.25, -0.2) is 0 Å². The number of hydrogen-bond donors (Lipinski definition) is 3. The molecule has 110 valence electrons. The Kier molecular flexibility index (Phi) is 5.34. The van der Waals surface area contributed by atoms with Crippen LogP contribution in [0.4, 0.5) is 0 Å². The van der Waals surface area contributed by atoms with Gasteiger partial charge in [0.2, 0.25) is 0 Å². The van der Waals surface area contributed by atoms with Gasteiger partial charge in [-0.3, -0.25) is 9.78 Å². The summed E-state index contributed by atoms with van der Waals surface area (Å²) in [7, 11) is 0. The maximum atomic E-state index is 11.7. The van der Waals surface area contributed by atoms with E-state index < -0.39 is 0 Å². The Hall–Kier alpha value is -2.34. The van der Waals surface area contributed by atoms with Crippen LogP contribution in [0.1, 0.15) is 12.1 Å². The van der Waals surface area contributed by atoms with E-state index in [1.54, 1.807) is 24.4 Å². The van der Waals surface area contributed by atoms with Crippen LogP contribution in [0.25, 0.3) is 0 Å². The van der Waals surface area contributed by atoms with E-state index in [4.69, 9.17) is 11.1 Å². The Balaban J connectivity index is 1.88. The van der Waals surface area contributed by atoms with Gasteiger partial charge in [-0.2, -0.15) is 4.99 Å². The third-order valence-corrected chi connectivity index (χ3v) is 3.25. The first-order valence-corrected chi connectivity index (χ1v) is 6.89. The van der Waals surface area contributed by atoms with E-state index in [-0.39, 0.29) is 24.1 Å². The second-order valence-corrected chi connectivity index (χ2v) is 4.91. The third kappa shape index (κ3) is 4.92. The van der Waals surface area contributed by atoms with E-state index in [0.717, 1.165) is 19.5 Å². The minimum atomic E-state index is -0.343. The molecule has 0 saturated carbocycles. The number of carbonyl (C=O) groups is 1. The Morgan fingerprint density at radius 3 is 3.05 bits per heavy atom. The molecule has 1 atom stereocenters. The average Bonchev–Trinajstić information content (AvgIpc) is 3.00. The first-order chi connectivity index (χ1) is 10.1. The van der Waals surface area contributed by atoms with Gasteiger partial charge in [0.25, 0.3) is 5.91 Å². The Morgan fingerprint density at radius 1 is 1.52 bits per heavy atom. The standard InChI is InChI=1S/C15H19N5O/c16-13(11-6-8-18-10-11)4-5-14(17)20-15(21)9-12-3-1-2-7-19-12/h1-5,7,11,16,18H,6,8-10H2,(H2,17,20,21)/b5-4-,16-13?. The molecular formula is C15H19N5O. The number of amidine groups is 1. The number of allylic oxidation sites excluding steroid dienone is 1. The molecule has 6 nitrogen and oxygen atoms in total. The predicted octanol–water partition coefficient (Wildman–Crippen LogP) is 0.693. The molecule has 1 aromatic rings. The van der Waals surface area contributed by atoms with Gasteiger partial charge in [0.1, 0.15) is 5.84 Å². The van der Waals surface area contributed by atoms with Crippen molar-refractivity contribution in [3.8, 4) is 0 Å². The summed E-state index contributed by atoms with van der Waals surface area (Å²) in [5.41, 5.74) is 6.85. The van der Waals surface area contributed by atoms with Crippen LogP contribution in [0.2, 0.25) is 0 Å². The SMILES string of the molecule is N=C(/C=C\C(N)=NC(=O)Cc1ccccn1)C1CCNC1. The highest BCUT2D eigenvalue weighted by Gasteiger charge is 2.17. The number of nitrogens with one attached hydrogen (secondary N) is 2. The first kappa shape index (κ1) is 15.1. The summed E-state index contributed by atoms with van der Waals surface area (Å²) in [6.07, 6.45) is 5.84. The van der Waals surface area contributed by atoms with Crippen LogP contribution in [0.3, 0.4) is 0 Å². The van der Waals surface area contributed by atoms with Crippen LogP contribution in [0.5, 0.6) is 0 Å². The fourth-order valence-corrected chi connectivity index (χ4v) is 2.11. The molecule has 0 aliphatic carbocycles. The number of aromatic nitrogens is 1. The van der Waals surface area contributed by atoms with Gasteiger partial charge >= 0.3 is 0 Å². The van der Waals surface area contributed by atoms with Crippen molar-refractivity contribution >= 4 is 17.5 Å². The van der Waals surface area contributed by atoms with Crippen LogP contribution in [-0.4, -0.2) is 35.5 Å². The fraction of sp³-hybridized carbons (Fsp3) is 0.333. The van der Waals surface area contributed by atoms with E-state index >= 15 is 0 Å². The molecule has 2 heterocycles. The van der Waals surface area contributed by atoms with Crippen molar-refractivity contribution in [1.29, 1.82) is 5.41 Å². The molecule has 4 N–H and O–H groups in total. The molecule has 0 spiro atoms. The monoisotopic (exact) mass is 285 g/mol. The van der Waals surface area contributed by atoms with E-state index in [2.05, 4.69) is 15.3 Å². The molecule has 1 amide bonds. The van der Waals surface area contributed by atoms with Crippen molar-refractivity contribution in [2.45, 2.75) is 12.8 Å². The summed E-state index contributed by atoms with van der Waals surface area (Å²) in [6.45, 7) is 1.76. The van der Waals surface area contributed by atoms with E-state index in [9.17, 15) is 4.79 Å². The lowest BCUT2D eigenvalue weighted by Gasteiger charge is -2.04. The lowest BCUT2D eigenvalue weighted by Crippen LogP contribution is -2.17. The van der Waals surface area contributed by atoms with Crippen molar-refractivity contribution in [2.75, 3.05) is 13.1 Å². The second-order valence-electron chi connectivity index (χ2n) is 4.91. The molecule has 1 unspecified atom stereocenters. The molecule has 1 fully saturated rings. The highest BCUT2D eigenvalue weighted by atomic mass is 16.1. The normalized spacial score (nSPS) is 19.0. The van der Waals surface area contributed by atoms with Crippen molar-refractivity contribution in [1.82, 2.24) is 10.3 Å². The quantitative estimate of drug-likeness (QED) is 0.547. The predicted molar refractivity (Wildman–Crippen MR) is 82.4 cm³/mol. The number of pyridine rings is 1. The zero-order valence-corrected chi connectivity index (χ0v) is 11.7. The minimum absolute atomic E-state index is 0.117. The molecular weight excluding hydrogens is 266 g/mol. The lowest BCUT2D eigenvalue weighted by atomic mass is 10.0. The Bertz CT molecular complexity index is 559. The highest BCUT2D eigenvalue weighted by Crippen LogP contribution is 2.09. The lowest BCUT2D eigenvalue weighted by molar-refractivity contribution is -0.117. The number of hydrogen-bond acceptors (Lipinski definition) is 4. The zero-order chi connectivity index (χ0) is 15.1. The number of nitrogens with zero attached hydrogens (tertiary/aromatic N) is 2. The molecule has 1 aromatic heterocycles. The van der Waals surface area contributed by atoms with Crippen LogP contribution in [0, 0.1) is 11.3 Å². The van der Waals surface area contributed by atoms with Crippen molar-refractivity contribution in [2.24, 2.45) is 16.6 Å². The maximum absolute atomic E-state index is 11.7. The molecule has 2 rings (SSSR count).